The predicted molar refractivity (Wildman–Crippen MR) is 96.6 cm³/mol. The van der Waals surface area contributed by atoms with Crippen molar-refractivity contribution in [1.82, 2.24) is 10.6 Å². The van der Waals surface area contributed by atoms with Crippen LogP contribution < -0.4 is 10.6 Å². The average molecular weight is 344 g/mol. The van der Waals surface area contributed by atoms with Crippen LogP contribution in [-0.4, -0.2) is 29.2 Å². The van der Waals surface area contributed by atoms with Crippen molar-refractivity contribution in [3.63, 3.8) is 0 Å². The minimum atomic E-state index is -0.407. The zero-order valence-corrected chi connectivity index (χ0v) is 15.6. The van der Waals surface area contributed by atoms with Gasteiger partial charge in [-0.3, -0.25) is 4.79 Å². The number of allylic oxidation sites excluding steroid dienone is 1. The van der Waals surface area contributed by atoms with Gasteiger partial charge < -0.3 is 15.7 Å². The number of hydrogen-bond donors (Lipinski definition) is 3. The van der Waals surface area contributed by atoms with Crippen molar-refractivity contribution < 1.29 is 9.90 Å². The number of carbonyl (C=O) groups is 1. The molecule has 4 nitrogen and oxygen atoms in total. The first kappa shape index (κ1) is 16.3. The first-order chi connectivity index (χ1) is 11.9. The lowest BCUT2D eigenvalue weighted by Gasteiger charge is -2.58. The molecule has 1 heterocycles. The summed E-state index contributed by atoms with van der Waals surface area (Å²) in [6.45, 7) is 4.82. The lowest BCUT2D eigenvalue weighted by Crippen LogP contribution is -2.58. The van der Waals surface area contributed by atoms with Crippen molar-refractivity contribution in [3.8, 4) is 0 Å². The largest absolute Gasteiger partial charge is 0.389 e. The highest BCUT2D eigenvalue weighted by Crippen LogP contribution is 2.63. The molecule has 0 aromatic heterocycles. The van der Waals surface area contributed by atoms with E-state index in [0.29, 0.717) is 35.6 Å². The van der Waals surface area contributed by atoms with Crippen molar-refractivity contribution in [2.45, 2.75) is 83.4 Å². The van der Waals surface area contributed by atoms with Crippen LogP contribution in [0.5, 0.6) is 0 Å². The Morgan fingerprint density at radius 2 is 1.92 bits per heavy atom. The highest BCUT2D eigenvalue weighted by atomic mass is 16.3. The van der Waals surface area contributed by atoms with Gasteiger partial charge in [0.25, 0.3) is 0 Å². The van der Waals surface area contributed by atoms with Crippen molar-refractivity contribution >= 4 is 5.91 Å². The highest BCUT2D eigenvalue weighted by molar-refractivity contribution is 5.79. The summed E-state index contributed by atoms with van der Waals surface area (Å²) in [6, 6.07) is 1.38. The van der Waals surface area contributed by atoms with Gasteiger partial charge in [-0.15, -0.1) is 0 Å². The number of aliphatic hydroxyl groups excluding tert-OH is 1. The Bertz CT molecular complexity index is 627. The van der Waals surface area contributed by atoms with E-state index in [0.717, 1.165) is 18.2 Å². The molecule has 0 radical (unpaired) electrons. The smallest absolute Gasteiger partial charge is 0.224 e. The summed E-state index contributed by atoms with van der Waals surface area (Å²) < 4.78 is 0. The normalized spacial score (nSPS) is 51.9. The van der Waals surface area contributed by atoms with Gasteiger partial charge in [0, 0.05) is 29.6 Å². The molecule has 5 aliphatic rings. The van der Waals surface area contributed by atoms with E-state index in [2.05, 4.69) is 24.5 Å². The average Bonchev–Trinajstić information content (AvgIpc) is 3.32. The van der Waals surface area contributed by atoms with Gasteiger partial charge >= 0.3 is 0 Å². The third-order valence-electron chi connectivity index (χ3n) is 8.66. The predicted octanol–water partition coefficient (Wildman–Crippen LogP) is 2.72. The summed E-state index contributed by atoms with van der Waals surface area (Å²) in [7, 11) is 0. The van der Waals surface area contributed by atoms with Crippen LogP contribution in [0.4, 0.5) is 0 Å². The molecule has 7 atom stereocenters. The minimum Gasteiger partial charge on any atom is -0.389 e. The molecule has 4 aliphatic carbocycles. The summed E-state index contributed by atoms with van der Waals surface area (Å²) in [5.41, 5.74) is 1.37. The number of fused-ring (bicyclic) bond motifs is 5. The van der Waals surface area contributed by atoms with Crippen LogP contribution in [0.25, 0.3) is 0 Å². The molecule has 0 aromatic rings. The molecule has 0 aromatic carbocycles. The summed E-state index contributed by atoms with van der Waals surface area (Å²) in [5, 5.41) is 18.0. The Kier molecular flexibility index (Phi) is 3.47. The molecule has 3 saturated carbocycles. The third kappa shape index (κ3) is 2.29. The molecule has 3 N–H and O–H groups in total. The van der Waals surface area contributed by atoms with Crippen LogP contribution in [0.1, 0.15) is 65.2 Å². The SMILES string of the molecule is C[C@]12CCC(=O)NC1=CC(O)[C@@H]1[C@H]2CC[C@]2(C)C(NC3CC3)CC[C@@H]12. The number of amides is 1. The van der Waals surface area contributed by atoms with E-state index in [1.165, 1.54) is 38.5 Å². The Morgan fingerprint density at radius 1 is 1.12 bits per heavy atom. The maximum absolute atomic E-state index is 11.9. The van der Waals surface area contributed by atoms with Gasteiger partial charge in [0.05, 0.1) is 6.10 Å². The molecule has 0 spiro atoms. The van der Waals surface area contributed by atoms with Crippen LogP contribution in [0.2, 0.25) is 0 Å². The maximum Gasteiger partial charge on any atom is 0.224 e. The number of carbonyl (C=O) groups excluding carboxylic acids is 1. The molecular weight excluding hydrogens is 312 g/mol. The zero-order chi connectivity index (χ0) is 17.4. The van der Waals surface area contributed by atoms with E-state index < -0.39 is 6.10 Å². The Balaban J connectivity index is 1.47. The van der Waals surface area contributed by atoms with Gasteiger partial charge in [0.15, 0.2) is 0 Å². The topological polar surface area (TPSA) is 61.4 Å². The van der Waals surface area contributed by atoms with E-state index >= 15 is 0 Å². The van der Waals surface area contributed by atoms with Crippen molar-refractivity contribution in [2.75, 3.05) is 0 Å². The summed E-state index contributed by atoms with van der Waals surface area (Å²) in [5.74, 6) is 1.57. The molecule has 1 amide bonds. The molecule has 1 saturated heterocycles. The lowest BCUT2D eigenvalue weighted by atomic mass is 9.49. The molecule has 5 rings (SSSR count). The fraction of sp³-hybridized carbons (Fsp3) is 0.857. The van der Waals surface area contributed by atoms with E-state index in [-0.39, 0.29) is 11.3 Å². The van der Waals surface area contributed by atoms with Crippen LogP contribution in [-0.2, 0) is 4.79 Å². The fourth-order valence-electron chi connectivity index (χ4n) is 6.99. The van der Waals surface area contributed by atoms with E-state index in [9.17, 15) is 9.90 Å². The molecule has 4 heteroatoms. The number of rotatable bonds is 2. The molecule has 4 fully saturated rings. The lowest BCUT2D eigenvalue weighted by molar-refractivity contribution is -0.127. The maximum atomic E-state index is 11.9. The van der Waals surface area contributed by atoms with E-state index in [1.54, 1.807) is 0 Å². The van der Waals surface area contributed by atoms with Crippen LogP contribution in [0.3, 0.4) is 0 Å². The quantitative estimate of drug-likeness (QED) is 0.722. The van der Waals surface area contributed by atoms with E-state index in [4.69, 9.17) is 0 Å². The first-order valence-corrected chi connectivity index (χ1v) is 10.4. The summed E-state index contributed by atoms with van der Waals surface area (Å²) >= 11 is 0. The van der Waals surface area contributed by atoms with Gasteiger partial charge in [-0.25, -0.2) is 0 Å². The summed E-state index contributed by atoms with van der Waals surface area (Å²) in [6.07, 6.45) is 10.8. The van der Waals surface area contributed by atoms with Gasteiger partial charge in [0.1, 0.15) is 0 Å². The van der Waals surface area contributed by atoms with Gasteiger partial charge in [-0.05, 0) is 74.2 Å². The van der Waals surface area contributed by atoms with Crippen LogP contribution in [0.15, 0.2) is 11.8 Å². The second kappa shape index (κ2) is 5.32. The van der Waals surface area contributed by atoms with Crippen molar-refractivity contribution in [3.05, 3.63) is 11.8 Å². The molecule has 138 valence electrons. The highest BCUT2D eigenvalue weighted by Gasteiger charge is 2.61. The third-order valence-corrected chi connectivity index (χ3v) is 8.66. The Labute approximate surface area is 150 Å². The van der Waals surface area contributed by atoms with Crippen LogP contribution in [0, 0.1) is 28.6 Å². The molecule has 2 unspecified atom stereocenters. The van der Waals surface area contributed by atoms with Gasteiger partial charge in [-0.1, -0.05) is 13.8 Å². The van der Waals surface area contributed by atoms with Gasteiger partial charge in [0.2, 0.25) is 5.91 Å². The Hall–Kier alpha value is -0.870. The second-order valence-electron chi connectivity index (χ2n) is 9.94. The Morgan fingerprint density at radius 3 is 2.68 bits per heavy atom. The van der Waals surface area contributed by atoms with Gasteiger partial charge in [-0.2, -0.15) is 0 Å². The molecule has 1 aliphatic heterocycles. The number of hydrogen-bond acceptors (Lipinski definition) is 3. The van der Waals surface area contributed by atoms with Crippen molar-refractivity contribution in [2.24, 2.45) is 28.6 Å². The molecule has 0 bridgehead atoms. The van der Waals surface area contributed by atoms with Crippen LogP contribution >= 0.6 is 0 Å². The zero-order valence-electron chi connectivity index (χ0n) is 15.6. The number of aliphatic hydroxyl groups is 1. The fourth-order valence-corrected chi connectivity index (χ4v) is 6.99. The molecule has 25 heavy (non-hydrogen) atoms. The number of piperidine rings is 1. The number of nitrogens with one attached hydrogen (secondary N) is 2. The standard InChI is InChI=1S/C21H32N2O2/c1-20-9-7-14-19(13(20)5-6-16(20)22-12-3-4-12)15(24)11-17-21(14,2)10-8-18(25)23-17/h11-16,19,22,24H,3-10H2,1-2H3,(H,23,25)/t13-,14+,15?,16?,19-,20-,21+/m0/s1. The second-order valence-corrected chi connectivity index (χ2v) is 9.94. The monoisotopic (exact) mass is 344 g/mol. The summed E-state index contributed by atoms with van der Waals surface area (Å²) in [4.78, 5) is 11.9. The first-order valence-electron chi connectivity index (χ1n) is 10.4. The minimum absolute atomic E-state index is 0.0428. The van der Waals surface area contributed by atoms with Crippen molar-refractivity contribution in [1.29, 1.82) is 0 Å². The molecular formula is C21H32N2O2. The van der Waals surface area contributed by atoms with E-state index in [1.807, 2.05) is 6.08 Å².